The third kappa shape index (κ3) is 2.18. The number of halogens is 3. The lowest BCUT2D eigenvalue weighted by atomic mass is 10.1. The van der Waals surface area contributed by atoms with Crippen molar-refractivity contribution < 1.29 is 13.2 Å². The lowest BCUT2D eigenvalue weighted by Gasteiger charge is -2.00. The number of rotatable bonds is 2. The van der Waals surface area contributed by atoms with Crippen LogP contribution < -0.4 is 0 Å². The van der Waals surface area contributed by atoms with E-state index in [0.29, 0.717) is 17.7 Å². The van der Waals surface area contributed by atoms with Crippen molar-refractivity contribution >= 4 is 22.8 Å². The van der Waals surface area contributed by atoms with Crippen molar-refractivity contribution in [3.63, 3.8) is 0 Å². The summed E-state index contributed by atoms with van der Waals surface area (Å²) in [6.07, 6.45) is 3.11. The van der Waals surface area contributed by atoms with Crippen molar-refractivity contribution in [1.29, 1.82) is 0 Å². The van der Waals surface area contributed by atoms with Gasteiger partial charge in [0.05, 0.1) is 5.52 Å². The zero-order chi connectivity index (χ0) is 14.1. The van der Waals surface area contributed by atoms with Gasteiger partial charge < -0.3 is 4.98 Å². The minimum atomic E-state index is -1.03. The fourth-order valence-electron chi connectivity index (χ4n) is 2.01. The van der Waals surface area contributed by atoms with Crippen LogP contribution in [0.4, 0.5) is 18.9 Å². The number of hydrogen-bond donors (Lipinski definition) is 1. The van der Waals surface area contributed by atoms with Gasteiger partial charge in [-0.15, -0.1) is 0 Å². The van der Waals surface area contributed by atoms with Gasteiger partial charge in [0.25, 0.3) is 0 Å². The highest BCUT2D eigenvalue weighted by Crippen LogP contribution is 2.24. The predicted octanol–water partition coefficient (Wildman–Crippen LogP) is 4.34. The molecule has 100 valence electrons. The number of benzene rings is 2. The van der Waals surface area contributed by atoms with Crippen LogP contribution in [0.3, 0.4) is 0 Å². The zero-order valence-corrected chi connectivity index (χ0v) is 10.2. The Hall–Kier alpha value is -2.56. The van der Waals surface area contributed by atoms with E-state index in [0.717, 1.165) is 10.9 Å². The van der Waals surface area contributed by atoms with E-state index in [9.17, 15) is 13.2 Å². The van der Waals surface area contributed by atoms with Crippen LogP contribution >= 0.6 is 0 Å². The van der Waals surface area contributed by atoms with Crippen LogP contribution in [-0.4, -0.2) is 11.2 Å². The van der Waals surface area contributed by atoms with E-state index in [1.54, 1.807) is 12.3 Å². The molecule has 0 saturated carbocycles. The molecule has 1 aromatic heterocycles. The Morgan fingerprint density at radius 1 is 1.00 bits per heavy atom. The average molecular weight is 274 g/mol. The van der Waals surface area contributed by atoms with Crippen molar-refractivity contribution in [2.75, 3.05) is 0 Å². The molecule has 2 aromatic carbocycles. The molecule has 0 fully saturated rings. The van der Waals surface area contributed by atoms with Gasteiger partial charge in [-0.3, -0.25) is 0 Å². The van der Waals surface area contributed by atoms with E-state index >= 15 is 0 Å². The first-order valence-electron chi connectivity index (χ1n) is 5.90. The van der Waals surface area contributed by atoms with Crippen molar-refractivity contribution in [2.45, 2.75) is 0 Å². The van der Waals surface area contributed by atoms with Crippen molar-refractivity contribution in [2.24, 2.45) is 4.99 Å². The smallest absolute Gasteiger partial charge is 0.154 e. The second-order valence-electron chi connectivity index (χ2n) is 4.27. The Labute approximate surface area is 112 Å². The van der Waals surface area contributed by atoms with Crippen LogP contribution in [0.15, 0.2) is 47.6 Å². The number of nitrogens with one attached hydrogen (secondary N) is 1. The minimum absolute atomic E-state index is 0.505. The Morgan fingerprint density at radius 2 is 1.75 bits per heavy atom. The van der Waals surface area contributed by atoms with Crippen molar-refractivity contribution in [3.8, 4) is 0 Å². The number of aliphatic imine (C=N–C) groups is 1. The van der Waals surface area contributed by atoms with Gasteiger partial charge in [-0.2, -0.15) is 0 Å². The topological polar surface area (TPSA) is 28.1 Å². The second kappa shape index (κ2) is 4.85. The molecule has 0 spiro atoms. The molecular formula is C15H9F3N2. The molecule has 5 heteroatoms. The molecule has 2 nitrogen and oxygen atoms in total. The fourth-order valence-corrected chi connectivity index (χ4v) is 2.01. The molecule has 0 saturated heterocycles. The summed E-state index contributed by atoms with van der Waals surface area (Å²) in [6.45, 7) is 0. The highest BCUT2D eigenvalue weighted by Gasteiger charge is 2.10. The third-order valence-corrected chi connectivity index (χ3v) is 2.93. The van der Waals surface area contributed by atoms with Gasteiger partial charge in [0, 0.05) is 35.5 Å². The summed E-state index contributed by atoms with van der Waals surface area (Å²) < 4.78 is 39.7. The van der Waals surface area contributed by atoms with Gasteiger partial charge in [-0.25, -0.2) is 18.2 Å². The van der Waals surface area contributed by atoms with E-state index in [2.05, 4.69) is 9.98 Å². The molecule has 0 bridgehead atoms. The number of fused-ring (bicyclic) bond motifs is 1. The number of H-pyrrole nitrogens is 1. The fraction of sp³-hybridized carbons (Fsp3) is 0. The summed E-state index contributed by atoms with van der Waals surface area (Å²) in [5.41, 5.74) is 1.00. The number of aromatic nitrogens is 1. The van der Waals surface area contributed by atoms with E-state index in [1.165, 1.54) is 6.21 Å². The van der Waals surface area contributed by atoms with Crippen LogP contribution in [0.2, 0.25) is 0 Å². The lowest BCUT2D eigenvalue weighted by Crippen LogP contribution is -1.88. The first-order chi connectivity index (χ1) is 9.65. The van der Waals surface area contributed by atoms with E-state index in [-0.39, 0.29) is 0 Å². The molecular weight excluding hydrogens is 265 g/mol. The molecule has 0 aliphatic heterocycles. The molecule has 1 N–H and O–H groups in total. The molecule has 0 aliphatic rings. The maximum atomic E-state index is 13.5. The highest BCUT2D eigenvalue weighted by atomic mass is 19.1. The molecule has 0 unspecified atom stereocenters. The normalized spacial score (nSPS) is 11.6. The molecule has 0 amide bonds. The number of aromatic amines is 1. The standard InChI is InChI=1S/C15H9F3N2/c16-11-6-12(17)15(13(18)7-11)20-8-10-3-1-2-9-4-5-19-14(9)10/h1-8,19H. The maximum absolute atomic E-state index is 13.5. The summed E-state index contributed by atoms with van der Waals surface area (Å²) in [4.78, 5) is 6.81. The van der Waals surface area contributed by atoms with Crippen LogP contribution in [0.1, 0.15) is 5.56 Å². The molecule has 1 heterocycles. The number of hydrogen-bond acceptors (Lipinski definition) is 1. The van der Waals surface area contributed by atoms with Gasteiger partial charge in [0.1, 0.15) is 11.5 Å². The number of para-hydroxylation sites is 1. The first kappa shape index (κ1) is 12.5. The monoisotopic (exact) mass is 274 g/mol. The Kier molecular flexibility index (Phi) is 3.02. The SMILES string of the molecule is Fc1cc(F)c(N=Cc2cccc3cc[nH]c23)c(F)c1. The summed E-state index contributed by atoms with van der Waals surface area (Å²) in [6, 6.07) is 8.57. The zero-order valence-electron chi connectivity index (χ0n) is 10.2. The first-order valence-corrected chi connectivity index (χ1v) is 5.90. The molecule has 3 rings (SSSR count). The summed E-state index contributed by atoms with van der Waals surface area (Å²) in [5, 5.41) is 0.967. The Balaban J connectivity index is 2.05. The van der Waals surface area contributed by atoms with E-state index < -0.39 is 23.1 Å². The Bertz CT molecular complexity index is 783. The van der Waals surface area contributed by atoms with E-state index in [4.69, 9.17) is 0 Å². The minimum Gasteiger partial charge on any atom is -0.361 e. The van der Waals surface area contributed by atoms with Gasteiger partial charge in [0.15, 0.2) is 11.6 Å². The van der Waals surface area contributed by atoms with Crippen LogP contribution in [0, 0.1) is 17.5 Å². The van der Waals surface area contributed by atoms with E-state index in [1.807, 2.05) is 18.2 Å². The average Bonchev–Trinajstić information content (AvgIpc) is 2.86. The summed E-state index contributed by atoms with van der Waals surface area (Å²) >= 11 is 0. The Morgan fingerprint density at radius 3 is 2.50 bits per heavy atom. The quantitative estimate of drug-likeness (QED) is 0.673. The summed E-state index contributed by atoms with van der Waals surface area (Å²) in [7, 11) is 0. The van der Waals surface area contributed by atoms with Crippen LogP contribution in [-0.2, 0) is 0 Å². The molecule has 20 heavy (non-hydrogen) atoms. The predicted molar refractivity (Wildman–Crippen MR) is 71.9 cm³/mol. The van der Waals surface area contributed by atoms with Crippen LogP contribution in [0.25, 0.3) is 10.9 Å². The number of nitrogens with zero attached hydrogens (tertiary/aromatic N) is 1. The van der Waals surface area contributed by atoms with Crippen molar-refractivity contribution in [1.82, 2.24) is 4.98 Å². The summed E-state index contributed by atoms with van der Waals surface area (Å²) in [5.74, 6) is -3.03. The second-order valence-corrected chi connectivity index (χ2v) is 4.27. The van der Waals surface area contributed by atoms with Gasteiger partial charge in [-0.05, 0) is 6.07 Å². The third-order valence-electron chi connectivity index (χ3n) is 2.93. The maximum Gasteiger partial charge on any atom is 0.154 e. The van der Waals surface area contributed by atoms with Gasteiger partial charge in [-0.1, -0.05) is 18.2 Å². The van der Waals surface area contributed by atoms with Crippen molar-refractivity contribution in [3.05, 3.63) is 65.6 Å². The highest BCUT2D eigenvalue weighted by molar-refractivity contribution is 5.98. The largest absolute Gasteiger partial charge is 0.361 e. The lowest BCUT2D eigenvalue weighted by molar-refractivity contribution is 0.547. The van der Waals surface area contributed by atoms with Gasteiger partial charge in [0.2, 0.25) is 0 Å². The van der Waals surface area contributed by atoms with Gasteiger partial charge >= 0.3 is 0 Å². The molecule has 0 radical (unpaired) electrons. The molecule has 0 aliphatic carbocycles. The molecule has 0 atom stereocenters. The van der Waals surface area contributed by atoms with Crippen LogP contribution in [0.5, 0.6) is 0 Å². The molecule has 3 aromatic rings.